The highest BCUT2D eigenvalue weighted by Crippen LogP contribution is 2.30. The first-order valence-corrected chi connectivity index (χ1v) is 7.52. The van der Waals surface area contributed by atoms with Gasteiger partial charge in [0, 0.05) is 0 Å². The van der Waals surface area contributed by atoms with Crippen LogP contribution in [0, 0.1) is 5.92 Å². The molecule has 1 fully saturated rings. The summed E-state index contributed by atoms with van der Waals surface area (Å²) in [5.41, 5.74) is 2.41. The molecule has 102 valence electrons. The minimum Gasteiger partial charge on any atom is -0.295 e. The van der Waals surface area contributed by atoms with Gasteiger partial charge < -0.3 is 0 Å². The maximum atomic E-state index is 11.4. The number of hydrogen-bond acceptors (Lipinski definition) is 1. The van der Waals surface area contributed by atoms with Crippen LogP contribution in [0.1, 0.15) is 57.4 Å². The summed E-state index contributed by atoms with van der Waals surface area (Å²) in [6.45, 7) is 1.64. The van der Waals surface area contributed by atoms with Gasteiger partial charge in [-0.15, -0.1) is 0 Å². The van der Waals surface area contributed by atoms with Gasteiger partial charge in [0.25, 0.3) is 0 Å². The van der Waals surface area contributed by atoms with E-state index in [1.165, 1.54) is 49.7 Å². The van der Waals surface area contributed by atoms with E-state index in [1.807, 2.05) is 24.3 Å². The van der Waals surface area contributed by atoms with Crippen molar-refractivity contribution in [2.45, 2.75) is 51.9 Å². The molecule has 1 aromatic carbocycles. The van der Waals surface area contributed by atoms with Crippen molar-refractivity contribution >= 4 is 11.4 Å². The van der Waals surface area contributed by atoms with E-state index in [0.29, 0.717) is 0 Å². The molecule has 0 spiro atoms. The molecule has 0 atom stereocenters. The lowest BCUT2D eigenvalue weighted by Gasteiger charge is -2.22. The molecule has 1 saturated carbocycles. The zero-order valence-corrected chi connectivity index (χ0v) is 11.9. The molecule has 0 amide bonds. The number of allylic oxidation sites excluding steroid dienone is 2. The molecule has 1 heteroatoms. The Morgan fingerprint density at radius 3 is 2.47 bits per heavy atom. The van der Waals surface area contributed by atoms with Gasteiger partial charge in [-0.3, -0.25) is 4.79 Å². The smallest absolute Gasteiger partial charge is 0.152 e. The van der Waals surface area contributed by atoms with Gasteiger partial charge in [0.05, 0.1) is 0 Å². The Bertz CT molecular complexity index is 424. The van der Waals surface area contributed by atoms with Crippen LogP contribution >= 0.6 is 0 Å². The summed E-state index contributed by atoms with van der Waals surface area (Å²) in [6.07, 6.45) is 11.0. The summed E-state index contributed by atoms with van der Waals surface area (Å²) in [6, 6.07) is 10.3. The van der Waals surface area contributed by atoms with Crippen molar-refractivity contribution < 1.29 is 4.79 Å². The highest BCUT2D eigenvalue weighted by Gasteiger charge is 2.14. The average molecular weight is 256 g/mol. The lowest BCUT2D eigenvalue weighted by atomic mass is 9.84. The second-order valence-corrected chi connectivity index (χ2v) is 5.69. The predicted octanol–water partition coefficient (Wildman–Crippen LogP) is 5.02. The molecule has 0 aromatic heterocycles. The Morgan fingerprint density at radius 1 is 1.16 bits per heavy atom. The molecule has 1 aliphatic carbocycles. The van der Waals surface area contributed by atoms with Crippen LogP contribution in [0.2, 0.25) is 0 Å². The Balaban J connectivity index is 2.00. The fourth-order valence-corrected chi connectivity index (χ4v) is 3.03. The van der Waals surface area contributed by atoms with Crippen LogP contribution in [0.15, 0.2) is 36.4 Å². The summed E-state index contributed by atoms with van der Waals surface area (Å²) in [7, 11) is 0. The molecule has 0 aliphatic heterocycles. The van der Waals surface area contributed by atoms with Crippen LogP contribution in [0.4, 0.5) is 0 Å². The van der Waals surface area contributed by atoms with E-state index < -0.39 is 0 Å². The van der Waals surface area contributed by atoms with E-state index in [2.05, 4.69) is 12.1 Å². The number of ketones is 1. The molecule has 0 radical (unpaired) electrons. The summed E-state index contributed by atoms with van der Waals surface area (Å²) < 4.78 is 0. The van der Waals surface area contributed by atoms with Crippen molar-refractivity contribution in [2.75, 3.05) is 0 Å². The molecule has 1 aliphatic rings. The Kier molecular flexibility index (Phi) is 5.38. The van der Waals surface area contributed by atoms with Crippen molar-refractivity contribution in [1.29, 1.82) is 0 Å². The van der Waals surface area contributed by atoms with Crippen LogP contribution in [-0.2, 0) is 4.79 Å². The van der Waals surface area contributed by atoms with Crippen molar-refractivity contribution in [2.24, 2.45) is 5.92 Å². The highest BCUT2D eigenvalue weighted by molar-refractivity contribution is 5.95. The SMILES string of the molecule is CC(=O)/C=C(\CCC1CCCCC1)c1ccccc1. The molecule has 0 unspecified atom stereocenters. The van der Waals surface area contributed by atoms with E-state index in [4.69, 9.17) is 0 Å². The molecule has 2 rings (SSSR count). The van der Waals surface area contributed by atoms with E-state index in [-0.39, 0.29) is 5.78 Å². The topological polar surface area (TPSA) is 17.1 Å². The molecule has 0 bridgehead atoms. The molecule has 0 N–H and O–H groups in total. The predicted molar refractivity (Wildman–Crippen MR) is 80.9 cm³/mol. The molecular formula is C18H24O. The van der Waals surface area contributed by atoms with Crippen LogP contribution in [0.5, 0.6) is 0 Å². The minimum atomic E-state index is 0.155. The third-order valence-electron chi connectivity index (χ3n) is 4.07. The third kappa shape index (κ3) is 4.66. The van der Waals surface area contributed by atoms with Gasteiger partial charge in [0.15, 0.2) is 5.78 Å². The first-order valence-electron chi connectivity index (χ1n) is 7.52. The van der Waals surface area contributed by atoms with Gasteiger partial charge >= 0.3 is 0 Å². The number of benzene rings is 1. The van der Waals surface area contributed by atoms with Crippen molar-refractivity contribution in [3.63, 3.8) is 0 Å². The van der Waals surface area contributed by atoms with Gasteiger partial charge in [-0.1, -0.05) is 62.4 Å². The summed E-state index contributed by atoms with van der Waals surface area (Å²) >= 11 is 0. The largest absolute Gasteiger partial charge is 0.295 e. The first kappa shape index (κ1) is 14.0. The summed E-state index contributed by atoms with van der Waals surface area (Å²) in [4.78, 5) is 11.4. The zero-order valence-electron chi connectivity index (χ0n) is 11.9. The van der Waals surface area contributed by atoms with E-state index in [1.54, 1.807) is 6.92 Å². The normalized spacial score (nSPS) is 17.4. The number of hydrogen-bond donors (Lipinski definition) is 0. The number of carbonyl (C=O) groups excluding carboxylic acids is 1. The Labute approximate surface area is 116 Å². The van der Waals surface area contributed by atoms with E-state index in [0.717, 1.165) is 12.3 Å². The Hall–Kier alpha value is -1.37. The quantitative estimate of drug-likeness (QED) is 0.676. The second-order valence-electron chi connectivity index (χ2n) is 5.69. The number of carbonyl (C=O) groups is 1. The fourth-order valence-electron chi connectivity index (χ4n) is 3.03. The van der Waals surface area contributed by atoms with Crippen LogP contribution in [0.25, 0.3) is 5.57 Å². The molecular weight excluding hydrogens is 232 g/mol. The molecule has 0 heterocycles. The standard InChI is InChI=1S/C18H24O/c1-15(19)14-18(17-10-6-3-7-11-17)13-12-16-8-4-2-5-9-16/h3,6-7,10-11,14,16H,2,4-5,8-9,12-13H2,1H3/b18-14+. The van der Waals surface area contributed by atoms with Crippen molar-refractivity contribution in [1.82, 2.24) is 0 Å². The van der Waals surface area contributed by atoms with E-state index >= 15 is 0 Å². The van der Waals surface area contributed by atoms with Crippen molar-refractivity contribution in [3.8, 4) is 0 Å². The van der Waals surface area contributed by atoms with Crippen LogP contribution in [-0.4, -0.2) is 5.78 Å². The van der Waals surface area contributed by atoms with Gasteiger partial charge in [-0.25, -0.2) is 0 Å². The molecule has 1 aromatic rings. The zero-order chi connectivity index (χ0) is 13.5. The third-order valence-corrected chi connectivity index (χ3v) is 4.07. The highest BCUT2D eigenvalue weighted by atomic mass is 16.1. The molecule has 1 nitrogen and oxygen atoms in total. The van der Waals surface area contributed by atoms with Crippen LogP contribution in [0.3, 0.4) is 0 Å². The average Bonchev–Trinajstić information content (AvgIpc) is 2.45. The van der Waals surface area contributed by atoms with Crippen LogP contribution < -0.4 is 0 Å². The van der Waals surface area contributed by atoms with Gasteiger partial charge in [-0.05, 0) is 42.9 Å². The van der Waals surface area contributed by atoms with Gasteiger partial charge in [0.1, 0.15) is 0 Å². The monoisotopic (exact) mass is 256 g/mol. The maximum Gasteiger partial charge on any atom is 0.152 e. The lowest BCUT2D eigenvalue weighted by Crippen LogP contribution is -2.06. The fraction of sp³-hybridized carbons (Fsp3) is 0.500. The molecule has 19 heavy (non-hydrogen) atoms. The van der Waals surface area contributed by atoms with Crippen molar-refractivity contribution in [3.05, 3.63) is 42.0 Å². The van der Waals surface area contributed by atoms with E-state index in [9.17, 15) is 4.79 Å². The lowest BCUT2D eigenvalue weighted by molar-refractivity contribution is -0.112. The Morgan fingerprint density at radius 2 is 1.84 bits per heavy atom. The van der Waals surface area contributed by atoms with Gasteiger partial charge in [0.2, 0.25) is 0 Å². The minimum absolute atomic E-state index is 0.155. The van der Waals surface area contributed by atoms with Gasteiger partial charge in [-0.2, -0.15) is 0 Å². The maximum absolute atomic E-state index is 11.4. The summed E-state index contributed by atoms with van der Waals surface area (Å²) in [5, 5.41) is 0. The summed E-state index contributed by atoms with van der Waals surface area (Å²) in [5.74, 6) is 1.02. The second kappa shape index (κ2) is 7.28. The first-order chi connectivity index (χ1) is 9.25. The molecule has 0 saturated heterocycles. The number of rotatable bonds is 5.